The first kappa shape index (κ1) is 24.5. The van der Waals surface area contributed by atoms with E-state index >= 15 is 0 Å². The molecule has 194 valence electrons. The van der Waals surface area contributed by atoms with Gasteiger partial charge in [0, 0.05) is 25.7 Å². The van der Waals surface area contributed by atoms with Gasteiger partial charge in [-0.25, -0.2) is 0 Å². The van der Waals surface area contributed by atoms with Gasteiger partial charge in [0.25, 0.3) is 5.91 Å². The number of nitro groups is 1. The third-order valence-corrected chi connectivity index (χ3v) is 8.20. The van der Waals surface area contributed by atoms with Crippen LogP contribution in [0.2, 0.25) is 0 Å². The van der Waals surface area contributed by atoms with Crippen molar-refractivity contribution >= 4 is 23.2 Å². The topological polar surface area (TPSA) is 137 Å². The molecule has 2 N–H and O–H groups in total. The van der Waals surface area contributed by atoms with Crippen LogP contribution < -0.4 is 10.6 Å². The van der Waals surface area contributed by atoms with Crippen molar-refractivity contribution in [2.45, 2.75) is 77.8 Å². The lowest BCUT2D eigenvalue weighted by atomic mass is 9.46. The van der Waals surface area contributed by atoms with Crippen LogP contribution in [0.3, 0.4) is 0 Å². The van der Waals surface area contributed by atoms with E-state index in [9.17, 15) is 19.7 Å². The number of rotatable bonds is 9. The molecule has 2 aromatic rings. The van der Waals surface area contributed by atoms with Crippen LogP contribution in [-0.2, 0) is 16.9 Å². The first-order valence-electron chi connectivity index (χ1n) is 13.0. The molecule has 4 fully saturated rings. The summed E-state index contributed by atoms with van der Waals surface area (Å²) in [4.78, 5) is 37.0. The van der Waals surface area contributed by atoms with Gasteiger partial charge >= 0.3 is 5.69 Å². The van der Waals surface area contributed by atoms with Crippen molar-refractivity contribution in [3.63, 3.8) is 0 Å². The molecule has 11 nitrogen and oxygen atoms in total. The number of carbonyl (C=O) groups is 2. The monoisotopic (exact) mass is 497 g/mol. The second-order valence-electron chi connectivity index (χ2n) is 11.7. The van der Waals surface area contributed by atoms with Crippen LogP contribution in [0, 0.1) is 33.3 Å². The van der Waals surface area contributed by atoms with Crippen LogP contribution in [0.1, 0.15) is 76.2 Å². The summed E-state index contributed by atoms with van der Waals surface area (Å²) in [5.41, 5.74) is 0.235. The molecule has 0 aromatic carbocycles. The molecule has 11 heteroatoms. The SMILES string of the molecule is CCn1cc(NC(=O)CC23CC4CC(C2)CC(n2cc([N+](=O)[O-])cn2)(C4)C3)c(C(=O)NCC(C)C)n1. The molecular weight excluding hydrogens is 462 g/mol. The zero-order valence-electron chi connectivity index (χ0n) is 21.2. The molecule has 0 spiro atoms. The minimum atomic E-state index is -0.404. The quantitative estimate of drug-likeness (QED) is 0.400. The van der Waals surface area contributed by atoms with Gasteiger partial charge in [0.2, 0.25) is 5.91 Å². The summed E-state index contributed by atoms with van der Waals surface area (Å²) in [7, 11) is 0. The Kier molecular flexibility index (Phi) is 6.12. The molecule has 4 aliphatic carbocycles. The number of carbonyl (C=O) groups excluding carboxylic acids is 2. The Labute approximate surface area is 210 Å². The lowest BCUT2D eigenvalue weighted by Gasteiger charge is -2.61. The normalized spacial score (nSPS) is 28.4. The number of hydrogen-bond acceptors (Lipinski definition) is 6. The van der Waals surface area contributed by atoms with Crippen molar-refractivity contribution in [3.8, 4) is 0 Å². The molecule has 0 aliphatic heterocycles. The Morgan fingerprint density at radius 2 is 1.94 bits per heavy atom. The maximum atomic E-state index is 13.4. The van der Waals surface area contributed by atoms with Crippen LogP contribution in [0.25, 0.3) is 0 Å². The fraction of sp³-hybridized carbons (Fsp3) is 0.680. The molecule has 36 heavy (non-hydrogen) atoms. The zero-order valence-corrected chi connectivity index (χ0v) is 21.2. The summed E-state index contributed by atoms with van der Waals surface area (Å²) in [6.45, 7) is 7.10. The molecule has 2 unspecified atom stereocenters. The Balaban J connectivity index is 1.34. The summed E-state index contributed by atoms with van der Waals surface area (Å²) in [6.07, 6.45) is 10.8. The summed E-state index contributed by atoms with van der Waals surface area (Å²) in [6, 6.07) is 0. The van der Waals surface area contributed by atoms with E-state index in [0.717, 1.165) is 38.5 Å². The molecule has 0 saturated heterocycles. The minimum Gasteiger partial charge on any atom is -0.350 e. The van der Waals surface area contributed by atoms with Gasteiger partial charge in [-0.2, -0.15) is 10.2 Å². The van der Waals surface area contributed by atoms with Gasteiger partial charge < -0.3 is 10.6 Å². The van der Waals surface area contributed by atoms with Gasteiger partial charge in [-0.1, -0.05) is 13.8 Å². The minimum absolute atomic E-state index is 0.00810. The third-order valence-electron chi connectivity index (χ3n) is 8.20. The molecule has 4 aliphatic rings. The standard InChI is InChI=1S/C25H35N7O4/c1-4-30-14-20(22(29-30)23(34)26-11-16(2)3)28-21(33)10-24-6-17-5-18(7-24)9-25(8-17,15-24)31-13-19(12-27-31)32(35)36/h12-14,16-18H,4-11,15H2,1-3H3,(H,26,34)(H,28,33). The molecule has 2 aromatic heterocycles. The summed E-state index contributed by atoms with van der Waals surface area (Å²) in [5.74, 6) is 0.872. The van der Waals surface area contributed by atoms with E-state index in [2.05, 4.69) is 20.8 Å². The average Bonchev–Trinajstić information content (AvgIpc) is 3.44. The van der Waals surface area contributed by atoms with Crippen molar-refractivity contribution in [2.24, 2.45) is 23.2 Å². The van der Waals surface area contributed by atoms with E-state index in [4.69, 9.17) is 0 Å². The van der Waals surface area contributed by atoms with Crippen LogP contribution in [0.4, 0.5) is 11.4 Å². The smallest absolute Gasteiger partial charge is 0.307 e. The van der Waals surface area contributed by atoms with Crippen LogP contribution in [0.5, 0.6) is 0 Å². The van der Waals surface area contributed by atoms with Crippen LogP contribution in [-0.4, -0.2) is 42.8 Å². The number of amides is 2. The lowest BCUT2D eigenvalue weighted by Crippen LogP contribution is -2.57. The molecule has 4 bridgehead atoms. The number of hydrogen-bond donors (Lipinski definition) is 2. The van der Waals surface area contributed by atoms with E-state index in [0.29, 0.717) is 43.0 Å². The van der Waals surface area contributed by atoms with Gasteiger partial charge in [0.15, 0.2) is 5.69 Å². The number of aryl methyl sites for hydroxylation is 1. The predicted molar refractivity (Wildman–Crippen MR) is 132 cm³/mol. The maximum absolute atomic E-state index is 13.4. The first-order valence-corrected chi connectivity index (χ1v) is 13.0. The van der Waals surface area contributed by atoms with E-state index < -0.39 is 4.92 Å². The highest BCUT2D eigenvalue weighted by atomic mass is 16.6. The van der Waals surface area contributed by atoms with Gasteiger partial charge in [-0.15, -0.1) is 0 Å². The van der Waals surface area contributed by atoms with Crippen molar-refractivity contribution in [1.29, 1.82) is 0 Å². The lowest BCUT2D eigenvalue weighted by molar-refractivity contribution is -0.385. The Hall–Kier alpha value is -3.24. The number of nitrogens with one attached hydrogen (secondary N) is 2. The zero-order chi connectivity index (χ0) is 25.7. The molecule has 2 heterocycles. The van der Waals surface area contributed by atoms with E-state index in [1.165, 1.54) is 6.20 Å². The Bertz CT molecular complexity index is 1170. The molecule has 2 amide bonds. The molecule has 2 atom stereocenters. The molecular formula is C25H35N7O4. The van der Waals surface area contributed by atoms with Crippen molar-refractivity contribution in [2.75, 3.05) is 11.9 Å². The summed E-state index contributed by atoms with van der Waals surface area (Å²) in [5, 5.41) is 25.9. The van der Waals surface area contributed by atoms with E-state index in [1.54, 1.807) is 17.1 Å². The second-order valence-corrected chi connectivity index (χ2v) is 11.7. The number of anilines is 1. The maximum Gasteiger partial charge on any atom is 0.307 e. The first-order chi connectivity index (χ1) is 17.1. The Morgan fingerprint density at radius 3 is 2.56 bits per heavy atom. The highest BCUT2D eigenvalue weighted by Crippen LogP contribution is 2.65. The fourth-order valence-electron chi connectivity index (χ4n) is 7.30. The van der Waals surface area contributed by atoms with Crippen LogP contribution in [0.15, 0.2) is 18.6 Å². The second kappa shape index (κ2) is 9.01. The van der Waals surface area contributed by atoms with Gasteiger partial charge in [0.05, 0.1) is 16.1 Å². The molecule has 6 rings (SSSR count). The predicted octanol–water partition coefficient (Wildman–Crippen LogP) is 3.72. The van der Waals surface area contributed by atoms with Gasteiger partial charge in [-0.3, -0.25) is 29.1 Å². The molecule has 4 saturated carbocycles. The van der Waals surface area contributed by atoms with Gasteiger partial charge in [0.1, 0.15) is 12.4 Å². The summed E-state index contributed by atoms with van der Waals surface area (Å²) < 4.78 is 3.47. The number of nitrogens with zero attached hydrogens (tertiary/aromatic N) is 5. The number of aromatic nitrogens is 4. The molecule has 0 radical (unpaired) electrons. The van der Waals surface area contributed by atoms with Crippen molar-refractivity contribution in [1.82, 2.24) is 24.9 Å². The summed E-state index contributed by atoms with van der Waals surface area (Å²) >= 11 is 0. The fourth-order valence-corrected chi connectivity index (χ4v) is 7.30. The van der Waals surface area contributed by atoms with E-state index in [-0.39, 0.29) is 34.1 Å². The Morgan fingerprint density at radius 1 is 1.22 bits per heavy atom. The van der Waals surface area contributed by atoms with Gasteiger partial charge in [-0.05, 0) is 68.6 Å². The van der Waals surface area contributed by atoms with Crippen molar-refractivity contribution < 1.29 is 14.5 Å². The third kappa shape index (κ3) is 4.51. The largest absolute Gasteiger partial charge is 0.350 e. The van der Waals surface area contributed by atoms with Crippen molar-refractivity contribution in [3.05, 3.63) is 34.4 Å². The van der Waals surface area contributed by atoms with E-state index in [1.807, 2.05) is 25.5 Å². The highest BCUT2D eigenvalue weighted by Gasteiger charge is 2.59. The van der Waals surface area contributed by atoms with Crippen LogP contribution >= 0.6 is 0 Å². The average molecular weight is 498 g/mol. The highest BCUT2D eigenvalue weighted by molar-refractivity contribution is 6.02.